The third-order valence-electron chi connectivity index (χ3n) is 5.66. The Kier molecular flexibility index (Phi) is 4.29. The van der Waals surface area contributed by atoms with Gasteiger partial charge in [0.05, 0.1) is 12.3 Å². The lowest BCUT2D eigenvalue weighted by molar-refractivity contribution is 0.170. The zero-order valence-corrected chi connectivity index (χ0v) is 13.8. The summed E-state index contributed by atoms with van der Waals surface area (Å²) in [5.74, 6) is 1.05. The van der Waals surface area contributed by atoms with Crippen molar-refractivity contribution in [2.45, 2.75) is 57.0 Å². The molecule has 1 N–H and O–H groups in total. The summed E-state index contributed by atoms with van der Waals surface area (Å²) >= 11 is 0. The first-order valence-electron chi connectivity index (χ1n) is 9.17. The molecule has 0 bridgehead atoms. The summed E-state index contributed by atoms with van der Waals surface area (Å²) in [7, 11) is 0. The number of nitrogens with zero attached hydrogens (tertiary/aromatic N) is 2. The van der Waals surface area contributed by atoms with E-state index in [1.165, 1.54) is 31.5 Å². The Morgan fingerprint density at radius 3 is 2.91 bits per heavy atom. The van der Waals surface area contributed by atoms with E-state index in [-0.39, 0.29) is 12.1 Å². The smallest absolute Gasteiger partial charge is 0.318 e. The summed E-state index contributed by atoms with van der Waals surface area (Å²) < 4.78 is 5.53. The maximum Gasteiger partial charge on any atom is 0.318 e. The lowest BCUT2D eigenvalue weighted by Gasteiger charge is -2.31. The maximum absolute atomic E-state index is 12.8. The number of likely N-dealkylation sites (tertiary alicyclic amines) is 2. The second-order valence-corrected chi connectivity index (χ2v) is 7.19. The molecule has 1 aromatic heterocycles. The van der Waals surface area contributed by atoms with E-state index in [0.29, 0.717) is 6.04 Å². The van der Waals surface area contributed by atoms with Crippen molar-refractivity contribution in [1.82, 2.24) is 15.1 Å². The second-order valence-electron chi connectivity index (χ2n) is 7.19. The van der Waals surface area contributed by atoms with Gasteiger partial charge < -0.3 is 19.5 Å². The first kappa shape index (κ1) is 15.1. The quantitative estimate of drug-likeness (QED) is 0.932. The molecule has 3 heterocycles. The van der Waals surface area contributed by atoms with Crippen molar-refractivity contribution in [1.29, 1.82) is 0 Å². The van der Waals surface area contributed by atoms with Gasteiger partial charge in [0.1, 0.15) is 5.76 Å². The van der Waals surface area contributed by atoms with Crippen LogP contribution in [0.15, 0.2) is 16.7 Å². The van der Waals surface area contributed by atoms with E-state index in [9.17, 15) is 4.79 Å². The standard InChI is InChI=1S/C18H27N3O2/c22-18(19-16-6-3-7-17-15(16)8-12-23-17)21-11-4-5-14(21)13-20-9-1-2-10-20/h8,12,14,16H,1-7,9-11,13H2,(H,19,22)/t14-,16-/m1/s1. The number of nitrogens with one attached hydrogen (secondary N) is 1. The molecule has 5 heteroatoms. The molecule has 0 radical (unpaired) electrons. The molecule has 4 rings (SSSR count). The van der Waals surface area contributed by atoms with Crippen molar-refractivity contribution in [2.24, 2.45) is 0 Å². The number of aryl methyl sites for hydroxylation is 1. The van der Waals surface area contributed by atoms with Crippen LogP contribution >= 0.6 is 0 Å². The van der Waals surface area contributed by atoms with Crippen LogP contribution in [-0.2, 0) is 6.42 Å². The molecule has 126 valence electrons. The number of amides is 2. The summed E-state index contributed by atoms with van der Waals surface area (Å²) in [4.78, 5) is 17.4. The van der Waals surface area contributed by atoms with Gasteiger partial charge in [-0.1, -0.05) is 0 Å². The van der Waals surface area contributed by atoms with Crippen LogP contribution in [0, 0.1) is 0 Å². The molecule has 5 nitrogen and oxygen atoms in total. The van der Waals surface area contributed by atoms with E-state index in [2.05, 4.69) is 15.1 Å². The molecular weight excluding hydrogens is 290 g/mol. The van der Waals surface area contributed by atoms with Gasteiger partial charge in [-0.25, -0.2) is 4.79 Å². The summed E-state index contributed by atoms with van der Waals surface area (Å²) in [6.45, 7) is 4.35. The van der Waals surface area contributed by atoms with Crippen molar-refractivity contribution in [3.63, 3.8) is 0 Å². The molecular formula is C18H27N3O2. The van der Waals surface area contributed by atoms with Crippen molar-refractivity contribution in [3.8, 4) is 0 Å². The van der Waals surface area contributed by atoms with Crippen LogP contribution in [0.3, 0.4) is 0 Å². The Balaban J connectivity index is 1.38. The van der Waals surface area contributed by atoms with Gasteiger partial charge >= 0.3 is 6.03 Å². The number of carbonyl (C=O) groups is 1. The fourth-order valence-corrected chi connectivity index (χ4v) is 4.42. The van der Waals surface area contributed by atoms with Crippen molar-refractivity contribution < 1.29 is 9.21 Å². The largest absolute Gasteiger partial charge is 0.469 e. The highest BCUT2D eigenvalue weighted by molar-refractivity contribution is 5.75. The predicted molar refractivity (Wildman–Crippen MR) is 88.3 cm³/mol. The summed E-state index contributed by atoms with van der Waals surface area (Å²) in [5, 5.41) is 3.27. The topological polar surface area (TPSA) is 48.7 Å². The summed E-state index contributed by atoms with van der Waals surface area (Å²) in [6, 6.07) is 2.65. The van der Waals surface area contributed by atoms with E-state index in [1.807, 2.05) is 6.07 Å². The average molecular weight is 317 g/mol. The first-order chi connectivity index (χ1) is 11.3. The number of hydrogen-bond acceptors (Lipinski definition) is 3. The number of fused-ring (bicyclic) bond motifs is 1. The van der Waals surface area contributed by atoms with E-state index >= 15 is 0 Å². The van der Waals surface area contributed by atoms with Crippen molar-refractivity contribution in [2.75, 3.05) is 26.2 Å². The molecule has 1 aliphatic carbocycles. The minimum Gasteiger partial charge on any atom is -0.469 e. The molecule has 2 atom stereocenters. The van der Waals surface area contributed by atoms with Gasteiger partial charge in [-0.3, -0.25) is 0 Å². The first-order valence-corrected chi connectivity index (χ1v) is 9.17. The molecule has 1 aromatic rings. The van der Waals surface area contributed by atoms with Crippen LogP contribution in [0.2, 0.25) is 0 Å². The third kappa shape index (κ3) is 3.11. The minimum absolute atomic E-state index is 0.116. The van der Waals surface area contributed by atoms with Gasteiger partial charge in [-0.05, 0) is 57.7 Å². The van der Waals surface area contributed by atoms with E-state index in [1.54, 1.807) is 6.26 Å². The van der Waals surface area contributed by atoms with E-state index in [4.69, 9.17) is 4.42 Å². The van der Waals surface area contributed by atoms with Gasteiger partial charge in [-0.15, -0.1) is 0 Å². The molecule has 0 spiro atoms. The fourth-order valence-electron chi connectivity index (χ4n) is 4.42. The molecule has 2 saturated heterocycles. The zero-order chi connectivity index (χ0) is 15.6. The Bertz CT molecular complexity index is 550. The number of hydrogen-bond donors (Lipinski definition) is 1. The van der Waals surface area contributed by atoms with Gasteiger partial charge in [0.2, 0.25) is 0 Å². The van der Waals surface area contributed by atoms with E-state index < -0.39 is 0 Å². The van der Waals surface area contributed by atoms with Crippen LogP contribution in [0.25, 0.3) is 0 Å². The molecule has 2 fully saturated rings. The SMILES string of the molecule is O=C(N[C@@H]1CCCc2occc21)N1CCC[C@@H]1CN1CCCC1. The minimum atomic E-state index is 0.116. The van der Waals surface area contributed by atoms with Gasteiger partial charge in [0.25, 0.3) is 0 Å². The third-order valence-corrected chi connectivity index (χ3v) is 5.66. The maximum atomic E-state index is 12.8. The van der Waals surface area contributed by atoms with Gasteiger partial charge in [0.15, 0.2) is 0 Å². The number of furan rings is 1. The molecule has 23 heavy (non-hydrogen) atoms. The summed E-state index contributed by atoms with van der Waals surface area (Å²) in [6.07, 6.45) is 9.75. The van der Waals surface area contributed by atoms with E-state index in [0.717, 1.165) is 51.0 Å². The number of urea groups is 1. The fraction of sp³-hybridized carbons (Fsp3) is 0.722. The average Bonchev–Trinajstić information content (AvgIpc) is 3.29. The normalized spacial score (nSPS) is 28.1. The highest BCUT2D eigenvalue weighted by Crippen LogP contribution is 2.31. The Hall–Kier alpha value is -1.49. The van der Waals surface area contributed by atoms with Crippen molar-refractivity contribution in [3.05, 3.63) is 23.7 Å². The summed E-state index contributed by atoms with van der Waals surface area (Å²) in [5.41, 5.74) is 1.18. The Morgan fingerprint density at radius 2 is 2.04 bits per heavy atom. The second kappa shape index (κ2) is 6.56. The molecule has 2 aliphatic heterocycles. The highest BCUT2D eigenvalue weighted by Gasteiger charge is 2.33. The van der Waals surface area contributed by atoms with Gasteiger partial charge in [-0.2, -0.15) is 0 Å². The number of rotatable bonds is 3. The molecule has 0 saturated carbocycles. The molecule has 2 amide bonds. The number of carbonyl (C=O) groups excluding carboxylic acids is 1. The van der Waals surface area contributed by atoms with Crippen LogP contribution < -0.4 is 5.32 Å². The van der Waals surface area contributed by atoms with Crippen LogP contribution in [0.5, 0.6) is 0 Å². The highest BCUT2D eigenvalue weighted by atomic mass is 16.3. The van der Waals surface area contributed by atoms with Crippen LogP contribution in [0.1, 0.15) is 55.9 Å². The molecule has 0 aromatic carbocycles. The van der Waals surface area contributed by atoms with Crippen LogP contribution in [-0.4, -0.2) is 48.1 Å². The van der Waals surface area contributed by atoms with Gasteiger partial charge in [0, 0.05) is 31.1 Å². The monoisotopic (exact) mass is 317 g/mol. The van der Waals surface area contributed by atoms with Crippen molar-refractivity contribution >= 4 is 6.03 Å². The van der Waals surface area contributed by atoms with Crippen LogP contribution in [0.4, 0.5) is 4.79 Å². The Morgan fingerprint density at radius 1 is 1.17 bits per heavy atom. The Labute approximate surface area is 138 Å². The predicted octanol–water partition coefficient (Wildman–Crippen LogP) is 2.93. The molecule has 0 unspecified atom stereocenters. The molecule has 3 aliphatic rings. The zero-order valence-electron chi connectivity index (χ0n) is 13.8. The lowest BCUT2D eigenvalue weighted by Crippen LogP contribution is -2.48. The lowest BCUT2D eigenvalue weighted by atomic mass is 9.93.